The molecule has 0 radical (unpaired) electrons. The van der Waals surface area contributed by atoms with Crippen molar-refractivity contribution in [2.24, 2.45) is 5.73 Å². The maximum Gasteiger partial charge on any atom is 0.326 e. The second-order valence-electron chi connectivity index (χ2n) is 3.07. The van der Waals surface area contributed by atoms with E-state index in [-0.39, 0.29) is 11.4 Å². The Kier molecular flexibility index (Phi) is 2.49. The molecule has 84 valence electrons. The van der Waals surface area contributed by atoms with Crippen molar-refractivity contribution in [3.05, 3.63) is 27.5 Å². The Morgan fingerprint density at radius 3 is 2.75 bits per heavy atom. The summed E-state index contributed by atoms with van der Waals surface area (Å²) in [6.45, 7) is 1.86. The van der Waals surface area contributed by atoms with Gasteiger partial charge in [-0.2, -0.15) is 0 Å². The fourth-order valence-corrected chi connectivity index (χ4v) is 1.98. The van der Waals surface area contributed by atoms with Crippen molar-refractivity contribution in [2.75, 3.05) is 4.90 Å². The molecule has 0 atom stereocenters. The number of carbonyl (C=O) groups is 1. The summed E-state index contributed by atoms with van der Waals surface area (Å²) in [6, 6.07) is 0.534. The fourth-order valence-electron chi connectivity index (χ4n) is 1.20. The van der Waals surface area contributed by atoms with Crippen LogP contribution < -0.4 is 16.2 Å². The zero-order chi connectivity index (χ0) is 11.7. The SMILES string of the molecule is Cc1cnc(N(C(N)=O)c2cc(=O)[nH][nH]2)s1. The molecule has 4 N–H and O–H groups in total. The molecule has 2 aromatic rings. The van der Waals surface area contributed by atoms with Gasteiger partial charge in [-0.25, -0.2) is 14.7 Å². The Morgan fingerprint density at radius 2 is 2.31 bits per heavy atom. The van der Waals surface area contributed by atoms with Crippen LogP contribution in [0.3, 0.4) is 0 Å². The van der Waals surface area contributed by atoms with Crippen molar-refractivity contribution in [1.29, 1.82) is 0 Å². The fraction of sp³-hybridized carbons (Fsp3) is 0.125. The number of nitrogens with two attached hydrogens (primary N) is 1. The van der Waals surface area contributed by atoms with Gasteiger partial charge >= 0.3 is 6.03 Å². The highest BCUT2D eigenvalue weighted by molar-refractivity contribution is 7.15. The lowest BCUT2D eigenvalue weighted by Crippen LogP contribution is -2.31. The van der Waals surface area contributed by atoms with Crippen molar-refractivity contribution < 1.29 is 4.79 Å². The van der Waals surface area contributed by atoms with Crippen molar-refractivity contribution in [3.8, 4) is 0 Å². The van der Waals surface area contributed by atoms with Crippen LogP contribution in [-0.2, 0) is 0 Å². The van der Waals surface area contributed by atoms with Gasteiger partial charge in [0, 0.05) is 17.1 Å². The molecular weight excluding hydrogens is 230 g/mol. The minimum Gasteiger partial charge on any atom is -0.351 e. The molecule has 8 heteroatoms. The lowest BCUT2D eigenvalue weighted by Gasteiger charge is -2.13. The maximum absolute atomic E-state index is 11.3. The Hall–Kier alpha value is -2.09. The number of primary amides is 1. The molecule has 0 spiro atoms. The topological polar surface area (TPSA) is 108 Å². The first-order chi connectivity index (χ1) is 7.58. The Balaban J connectivity index is 2.46. The Bertz CT molecular complexity index is 569. The molecule has 0 fully saturated rings. The van der Waals surface area contributed by atoms with Crippen LogP contribution in [0.15, 0.2) is 17.1 Å². The number of hydrogen-bond acceptors (Lipinski definition) is 4. The number of urea groups is 1. The zero-order valence-corrected chi connectivity index (χ0v) is 9.17. The highest BCUT2D eigenvalue weighted by atomic mass is 32.1. The van der Waals surface area contributed by atoms with Gasteiger partial charge in [-0.3, -0.25) is 15.0 Å². The van der Waals surface area contributed by atoms with Gasteiger partial charge in [-0.05, 0) is 6.92 Å². The molecule has 2 amide bonds. The van der Waals surface area contributed by atoms with E-state index in [1.807, 2.05) is 6.92 Å². The first-order valence-corrected chi connectivity index (χ1v) is 5.19. The van der Waals surface area contributed by atoms with Gasteiger partial charge in [0.25, 0.3) is 5.56 Å². The van der Waals surface area contributed by atoms with Crippen LogP contribution in [0.25, 0.3) is 0 Å². The van der Waals surface area contributed by atoms with Crippen molar-refractivity contribution in [2.45, 2.75) is 6.92 Å². The van der Waals surface area contributed by atoms with Crippen LogP contribution in [0.5, 0.6) is 0 Å². The van der Waals surface area contributed by atoms with Gasteiger partial charge in [0.15, 0.2) is 5.13 Å². The van der Waals surface area contributed by atoms with E-state index in [0.29, 0.717) is 5.13 Å². The van der Waals surface area contributed by atoms with Crippen LogP contribution in [-0.4, -0.2) is 21.2 Å². The largest absolute Gasteiger partial charge is 0.351 e. The molecule has 2 aromatic heterocycles. The Labute approximate surface area is 93.9 Å². The van der Waals surface area contributed by atoms with Crippen LogP contribution >= 0.6 is 11.3 Å². The maximum atomic E-state index is 11.3. The number of carbonyl (C=O) groups excluding carboxylic acids is 1. The molecule has 0 aliphatic heterocycles. The molecule has 16 heavy (non-hydrogen) atoms. The molecule has 0 saturated carbocycles. The zero-order valence-electron chi connectivity index (χ0n) is 8.35. The summed E-state index contributed by atoms with van der Waals surface area (Å²) >= 11 is 1.31. The number of rotatable bonds is 2. The molecule has 0 aliphatic carbocycles. The number of aromatic amines is 2. The van der Waals surface area contributed by atoms with Crippen LogP contribution in [0.4, 0.5) is 15.7 Å². The molecule has 0 bridgehead atoms. The standard InChI is InChI=1S/C8H9N5O2S/c1-4-3-10-8(16-4)13(7(9)15)5-2-6(14)12-11-5/h2-3H,1H3,(H2,9,15)(H2,11,12,14). The van der Waals surface area contributed by atoms with Crippen molar-refractivity contribution >= 4 is 28.3 Å². The highest BCUT2D eigenvalue weighted by Crippen LogP contribution is 2.26. The lowest BCUT2D eigenvalue weighted by atomic mass is 10.5. The molecule has 2 heterocycles. The van der Waals surface area contributed by atoms with E-state index in [0.717, 1.165) is 9.78 Å². The minimum absolute atomic E-state index is 0.270. The first-order valence-electron chi connectivity index (χ1n) is 4.37. The van der Waals surface area contributed by atoms with Gasteiger partial charge in [0.05, 0.1) is 0 Å². The third kappa shape index (κ3) is 1.82. The second kappa shape index (κ2) is 3.81. The first kappa shape index (κ1) is 10.4. The summed E-state index contributed by atoms with van der Waals surface area (Å²) < 4.78 is 0. The number of thiazole rings is 1. The average molecular weight is 239 g/mol. The summed E-state index contributed by atoms with van der Waals surface area (Å²) in [4.78, 5) is 28.4. The molecule has 0 unspecified atom stereocenters. The van der Waals surface area contributed by atoms with E-state index in [2.05, 4.69) is 15.2 Å². The lowest BCUT2D eigenvalue weighted by molar-refractivity contribution is 0.256. The number of anilines is 2. The van der Waals surface area contributed by atoms with Gasteiger partial charge in [-0.15, -0.1) is 11.3 Å². The second-order valence-corrected chi connectivity index (χ2v) is 4.28. The molecule has 7 nitrogen and oxygen atoms in total. The number of H-pyrrole nitrogens is 2. The molecule has 0 aliphatic rings. The molecular formula is C8H9N5O2S. The predicted molar refractivity (Wildman–Crippen MR) is 60.0 cm³/mol. The number of nitrogens with zero attached hydrogens (tertiary/aromatic N) is 2. The summed E-state index contributed by atoms with van der Waals surface area (Å²) in [5.41, 5.74) is 4.90. The number of aryl methyl sites for hydroxylation is 1. The quantitative estimate of drug-likeness (QED) is 0.717. The smallest absolute Gasteiger partial charge is 0.326 e. The Morgan fingerprint density at radius 1 is 1.56 bits per heavy atom. The van der Waals surface area contributed by atoms with Gasteiger partial charge < -0.3 is 5.73 Å². The van der Waals surface area contributed by atoms with Crippen molar-refractivity contribution in [3.63, 3.8) is 0 Å². The van der Waals surface area contributed by atoms with E-state index in [1.54, 1.807) is 6.20 Å². The summed E-state index contributed by atoms with van der Waals surface area (Å²) in [7, 11) is 0. The number of hydrogen-bond donors (Lipinski definition) is 3. The summed E-state index contributed by atoms with van der Waals surface area (Å²) in [6.07, 6.45) is 1.63. The average Bonchev–Trinajstić information content (AvgIpc) is 2.76. The highest BCUT2D eigenvalue weighted by Gasteiger charge is 2.19. The third-order valence-electron chi connectivity index (χ3n) is 1.84. The summed E-state index contributed by atoms with van der Waals surface area (Å²) in [5.74, 6) is 0.270. The normalized spacial score (nSPS) is 10.3. The van der Waals surface area contributed by atoms with Gasteiger partial charge in [0.2, 0.25) is 0 Å². The number of nitrogens with one attached hydrogen (secondary N) is 2. The van der Waals surface area contributed by atoms with E-state index in [4.69, 9.17) is 5.73 Å². The predicted octanol–water partition coefficient (Wildman–Crippen LogP) is 0.685. The minimum atomic E-state index is -0.704. The third-order valence-corrected chi connectivity index (χ3v) is 2.74. The number of aromatic nitrogens is 3. The van der Waals surface area contributed by atoms with Gasteiger partial charge in [0.1, 0.15) is 5.82 Å². The van der Waals surface area contributed by atoms with E-state index in [9.17, 15) is 9.59 Å². The summed E-state index contributed by atoms with van der Waals surface area (Å²) in [5, 5.41) is 5.29. The molecule has 2 rings (SSSR count). The molecule has 0 saturated heterocycles. The number of amides is 2. The van der Waals surface area contributed by atoms with E-state index in [1.165, 1.54) is 17.4 Å². The van der Waals surface area contributed by atoms with Crippen molar-refractivity contribution in [1.82, 2.24) is 15.2 Å². The van der Waals surface area contributed by atoms with Gasteiger partial charge in [-0.1, -0.05) is 0 Å². The van der Waals surface area contributed by atoms with E-state index >= 15 is 0 Å². The van der Waals surface area contributed by atoms with Crippen LogP contribution in [0, 0.1) is 6.92 Å². The monoisotopic (exact) mass is 239 g/mol. The van der Waals surface area contributed by atoms with Crippen LogP contribution in [0.2, 0.25) is 0 Å². The van der Waals surface area contributed by atoms with Crippen LogP contribution in [0.1, 0.15) is 4.88 Å². The molecule has 0 aromatic carbocycles. The van der Waals surface area contributed by atoms with E-state index < -0.39 is 6.03 Å².